The summed E-state index contributed by atoms with van der Waals surface area (Å²) in [4.78, 5) is 10.9. The van der Waals surface area contributed by atoms with Crippen LogP contribution in [0.25, 0.3) is 0 Å². The van der Waals surface area contributed by atoms with Gasteiger partial charge in [0.1, 0.15) is 6.07 Å². The quantitative estimate of drug-likeness (QED) is 0.749. The lowest BCUT2D eigenvalue weighted by atomic mass is 9.90. The summed E-state index contributed by atoms with van der Waals surface area (Å²) in [6, 6.07) is 5.27. The zero-order valence-electron chi connectivity index (χ0n) is 11.2. The third kappa shape index (κ3) is 4.02. The molecule has 0 heterocycles. The molecule has 0 aromatic heterocycles. The van der Waals surface area contributed by atoms with Crippen LogP contribution in [0.15, 0.2) is 16.6 Å². The number of halogens is 2. The van der Waals surface area contributed by atoms with Crippen LogP contribution in [-0.2, 0) is 0 Å². The van der Waals surface area contributed by atoms with Crippen molar-refractivity contribution in [3.8, 4) is 6.07 Å². The molecule has 0 spiro atoms. The number of hydrogen-bond donors (Lipinski definition) is 3. The molecule has 3 N–H and O–H groups in total. The molecule has 0 saturated heterocycles. The molecule has 1 aromatic rings. The van der Waals surface area contributed by atoms with Crippen molar-refractivity contribution < 1.29 is 9.90 Å². The highest BCUT2D eigenvalue weighted by molar-refractivity contribution is 9.10. The molecule has 0 unspecified atom stereocenters. The highest BCUT2D eigenvalue weighted by Gasteiger charge is 2.27. The zero-order chi connectivity index (χ0) is 15.4. The van der Waals surface area contributed by atoms with Crippen molar-refractivity contribution in [3.05, 3.63) is 27.2 Å². The first kappa shape index (κ1) is 15.9. The van der Waals surface area contributed by atoms with E-state index in [1.54, 1.807) is 12.1 Å². The monoisotopic (exact) mass is 371 g/mol. The topological polar surface area (TPSA) is 85.2 Å². The highest BCUT2D eigenvalue weighted by Crippen LogP contribution is 2.31. The van der Waals surface area contributed by atoms with Gasteiger partial charge in [0, 0.05) is 10.5 Å². The van der Waals surface area contributed by atoms with Gasteiger partial charge in [0.05, 0.1) is 22.3 Å². The molecule has 1 aromatic carbocycles. The average Bonchev–Trinajstić information content (AvgIpc) is 2.44. The second-order valence-electron chi connectivity index (χ2n) is 5.01. The Hall–Kier alpha value is -1.45. The third-order valence-electron chi connectivity index (χ3n) is 3.60. The van der Waals surface area contributed by atoms with Crippen LogP contribution in [0.3, 0.4) is 0 Å². The van der Waals surface area contributed by atoms with E-state index in [9.17, 15) is 10.1 Å². The summed E-state index contributed by atoms with van der Waals surface area (Å²) in [6.07, 6.45) is 2.64. The van der Waals surface area contributed by atoms with Gasteiger partial charge in [0.2, 0.25) is 0 Å². The Morgan fingerprint density at radius 1 is 1.38 bits per heavy atom. The molecule has 1 amide bonds. The fraction of sp³-hybridized carbons (Fsp3) is 0.429. The lowest BCUT2D eigenvalue weighted by Gasteiger charge is -2.33. The number of benzene rings is 1. The van der Waals surface area contributed by atoms with Crippen molar-refractivity contribution in [2.24, 2.45) is 0 Å². The Kier molecular flexibility index (Phi) is 5.32. The number of nitriles is 1. The van der Waals surface area contributed by atoms with Crippen LogP contribution >= 0.6 is 27.5 Å². The zero-order valence-corrected chi connectivity index (χ0v) is 13.5. The average molecular weight is 373 g/mol. The van der Waals surface area contributed by atoms with Crippen LogP contribution in [0.4, 0.5) is 10.5 Å². The molecule has 5 nitrogen and oxygen atoms in total. The molecule has 1 fully saturated rings. The molecular weight excluding hydrogens is 358 g/mol. The number of anilines is 1. The van der Waals surface area contributed by atoms with E-state index in [4.69, 9.17) is 16.7 Å². The summed E-state index contributed by atoms with van der Waals surface area (Å²) >= 11 is 9.37. The molecule has 0 bridgehead atoms. The maximum Gasteiger partial charge on any atom is 0.404 e. The molecule has 0 radical (unpaired) electrons. The van der Waals surface area contributed by atoms with Crippen LogP contribution in [0.5, 0.6) is 0 Å². The van der Waals surface area contributed by atoms with Gasteiger partial charge in [-0.05, 0) is 40.9 Å². The summed E-state index contributed by atoms with van der Waals surface area (Å²) in [5.74, 6) is 0. The van der Waals surface area contributed by atoms with Crippen LogP contribution in [0.1, 0.15) is 31.2 Å². The normalized spacial score (nSPS) is 21.4. The molecule has 2 atom stereocenters. The van der Waals surface area contributed by atoms with Gasteiger partial charge in [-0.2, -0.15) is 5.26 Å². The fourth-order valence-corrected chi connectivity index (χ4v) is 3.10. The van der Waals surface area contributed by atoms with E-state index in [2.05, 4.69) is 32.6 Å². The Labute approximate surface area is 136 Å². The van der Waals surface area contributed by atoms with E-state index < -0.39 is 6.09 Å². The number of carboxylic acid groups (broad SMARTS) is 1. The Bertz CT molecular complexity index is 588. The van der Waals surface area contributed by atoms with Gasteiger partial charge >= 0.3 is 6.09 Å². The van der Waals surface area contributed by atoms with Gasteiger partial charge in [-0.3, -0.25) is 0 Å². The molecular formula is C14H15BrClN3O2. The first-order valence-electron chi connectivity index (χ1n) is 6.66. The summed E-state index contributed by atoms with van der Waals surface area (Å²) < 4.78 is 0.662. The van der Waals surface area contributed by atoms with Crippen molar-refractivity contribution in [1.82, 2.24) is 5.32 Å². The Morgan fingerprint density at radius 2 is 2.05 bits per heavy atom. The Balaban J connectivity index is 2.21. The minimum absolute atomic E-state index is 0.0424. The number of hydrogen-bond acceptors (Lipinski definition) is 3. The SMILES string of the molecule is N#Cc1cc(Br)c(Cl)cc1N[C@H]1CCCC[C@@H]1NC(=O)O. The molecule has 0 aliphatic heterocycles. The molecule has 1 saturated carbocycles. The number of rotatable bonds is 3. The third-order valence-corrected chi connectivity index (χ3v) is 4.79. The van der Waals surface area contributed by atoms with Crippen LogP contribution in [-0.4, -0.2) is 23.3 Å². The van der Waals surface area contributed by atoms with E-state index in [-0.39, 0.29) is 12.1 Å². The second-order valence-corrected chi connectivity index (χ2v) is 6.28. The number of amides is 1. The first-order valence-corrected chi connectivity index (χ1v) is 7.83. The molecule has 1 aliphatic rings. The molecule has 112 valence electrons. The van der Waals surface area contributed by atoms with Gasteiger partial charge in [0.15, 0.2) is 0 Å². The van der Waals surface area contributed by atoms with Crippen molar-refractivity contribution in [3.63, 3.8) is 0 Å². The van der Waals surface area contributed by atoms with E-state index in [1.165, 1.54) is 0 Å². The van der Waals surface area contributed by atoms with Gasteiger partial charge in [-0.1, -0.05) is 24.4 Å². The molecule has 2 rings (SSSR count). The molecule has 1 aliphatic carbocycles. The first-order chi connectivity index (χ1) is 10.0. The van der Waals surface area contributed by atoms with E-state index in [1.807, 2.05) is 0 Å². The molecule has 21 heavy (non-hydrogen) atoms. The van der Waals surface area contributed by atoms with Crippen molar-refractivity contribution in [2.75, 3.05) is 5.32 Å². The van der Waals surface area contributed by atoms with Crippen LogP contribution in [0, 0.1) is 11.3 Å². The fourth-order valence-electron chi connectivity index (χ4n) is 2.59. The van der Waals surface area contributed by atoms with Crippen LogP contribution < -0.4 is 10.6 Å². The highest BCUT2D eigenvalue weighted by atomic mass is 79.9. The summed E-state index contributed by atoms with van der Waals surface area (Å²) in [6.45, 7) is 0. The predicted molar refractivity (Wildman–Crippen MR) is 84.7 cm³/mol. The van der Waals surface area contributed by atoms with Crippen molar-refractivity contribution in [2.45, 2.75) is 37.8 Å². The van der Waals surface area contributed by atoms with Gasteiger partial charge in [0.25, 0.3) is 0 Å². The standard InChI is InChI=1S/C14H15BrClN3O2/c15-9-5-8(7-17)13(6-10(9)16)18-11-3-1-2-4-12(11)19-14(20)21/h5-6,11-12,18-19H,1-4H2,(H,20,21)/t11-,12-/m0/s1. The van der Waals surface area contributed by atoms with Crippen molar-refractivity contribution in [1.29, 1.82) is 5.26 Å². The lowest BCUT2D eigenvalue weighted by Crippen LogP contribution is -2.48. The van der Waals surface area contributed by atoms with E-state index >= 15 is 0 Å². The summed E-state index contributed by atoms with van der Waals surface area (Å²) in [5, 5.41) is 24.4. The second kappa shape index (κ2) is 7.01. The number of nitrogens with zero attached hydrogens (tertiary/aromatic N) is 1. The van der Waals surface area contributed by atoms with Crippen molar-refractivity contribution >= 4 is 39.3 Å². The van der Waals surface area contributed by atoms with Gasteiger partial charge in [-0.15, -0.1) is 0 Å². The summed E-state index contributed by atoms with van der Waals surface area (Å²) in [5.41, 5.74) is 1.11. The maximum atomic E-state index is 10.9. The van der Waals surface area contributed by atoms with Gasteiger partial charge in [-0.25, -0.2) is 4.79 Å². The smallest absolute Gasteiger partial charge is 0.404 e. The number of nitrogens with one attached hydrogen (secondary N) is 2. The van der Waals surface area contributed by atoms with E-state index in [0.29, 0.717) is 20.7 Å². The summed E-state index contributed by atoms with van der Waals surface area (Å²) in [7, 11) is 0. The maximum absolute atomic E-state index is 10.9. The van der Waals surface area contributed by atoms with E-state index in [0.717, 1.165) is 25.7 Å². The lowest BCUT2D eigenvalue weighted by molar-refractivity contribution is 0.184. The minimum Gasteiger partial charge on any atom is -0.465 e. The van der Waals surface area contributed by atoms with Gasteiger partial charge < -0.3 is 15.7 Å². The Morgan fingerprint density at radius 3 is 2.67 bits per heavy atom. The molecule has 7 heteroatoms. The minimum atomic E-state index is -1.02. The number of carbonyl (C=O) groups is 1. The predicted octanol–water partition coefficient (Wildman–Crippen LogP) is 3.96. The van der Waals surface area contributed by atoms with Crippen LogP contribution in [0.2, 0.25) is 5.02 Å². The largest absolute Gasteiger partial charge is 0.465 e.